The second-order valence-electron chi connectivity index (χ2n) is 4.10. The van der Waals surface area contributed by atoms with Gasteiger partial charge in [-0.1, -0.05) is 52.1 Å². The van der Waals surface area contributed by atoms with Crippen molar-refractivity contribution < 1.29 is 4.79 Å². The Kier molecular flexibility index (Phi) is 5.29. The average Bonchev–Trinajstić information content (AvgIpc) is 2.32. The Hall–Kier alpha value is -0.250. The van der Waals surface area contributed by atoms with Crippen LogP contribution in [-0.2, 0) is 0 Å². The third kappa shape index (κ3) is 3.60. The molecule has 0 aromatic heterocycles. The molecule has 1 aromatic carbocycles. The van der Waals surface area contributed by atoms with Gasteiger partial charge in [0.05, 0.1) is 15.6 Å². The van der Waals surface area contributed by atoms with E-state index in [9.17, 15) is 4.79 Å². The molecule has 0 aliphatic heterocycles. The maximum atomic E-state index is 12.1. The largest absolute Gasteiger partial charge is 0.346 e. The normalized spacial score (nSPS) is 14.2. The van der Waals surface area contributed by atoms with Crippen molar-refractivity contribution in [2.75, 3.05) is 5.33 Å². The second-order valence-corrected chi connectivity index (χ2v) is 5.45. The Bertz CT molecular complexity index is 419. The molecule has 0 spiro atoms. The van der Waals surface area contributed by atoms with Crippen molar-refractivity contribution in [1.82, 2.24) is 5.32 Å². The van der Waals surface area contributed by atoms with Crippen LogP contribution in [0.15, 0.2) is 18.2 Å². The molecule has 2 nitrogen and oxygen atoms in total. The summed E-state index contributed by atoms with van der Waals surface area (Å²) in [4.78, 5) is 12.1. The van der Waals surface area contributed by atoms with Crippen LogP contribution >= 0.6 is 39.1 Å². The van der Waals surface area contributed by atoms with Crippen molar-refractivity contribution in [1.29, 1.82) is 0 Å². The smallest absolute Gasteiger partial charge is 0.253 e. The summed E-state index contributed by atoms with van der Waals surface area (Å²) < 4.78 is 0. The molecular weight excluding hydrogens is 325 g/mol. The summed E-state index contributed by atoms with van der Waals surface area (Å²) in [6.07, 6.45) is 0.822. The lowest BCUT2D eigenvalue weighted by Gasteiger charge is -2.27. The SMILES string of the molecule is CCC(C)(CBr)NC(=O)c1cccc(Cl)c1Cl. The molecule has 0 aliphatic rings. The van der Waals surface area contributed by atoms with Gasteiger partial charge in [-0.2, -0.15) is 0 Å². The zero-order valence-corrected chi connectivity index (χ0v) is 12.8. The van der Waals surface area contributed by atoms with Crippen LogP contribution in [0.2, 0.25) is 10.0 Å². The minimum absolute atomic E-state index is 0.207. The summed E-state index contributed by atoms with van der Waals surface area (Å²) in [6, 6.07) is 5.03. The van der Waals surface area contributed by atoms with E-state index in [0.717, 1.165) is 6.42 Å². The summed E-state index contributed by atoms with van der Waals surface area (Å²) >= 11 is 15.3. The van der Waals surface area contributed by atoms with Gasteiger partial charge in [0, 0.05) is 10.9 Å². The lowest BCUT2D eigenvalue weighted by molar-refractivity contribution is 0.0913. The van der Waals surface area contributed by atoms with Crippen LogP contribution < -0.4 is 5.32 Å². The first-order valence-electron chi connectivity index (χ1n) is 5.26. The number of rotatable bonds is 4. The van der Waals surface area contributed by atoms with Gasteiger partial charge in [-0.05, 0) is 25.5 Å². The first kappa shape index (κ1) is 14.8. The van der Waals surface area contributed by atoms with Crippen LogP contribution in [0.1, 0.15) is 30.6 Å². The van der Waals surface area contributed by atoms with Crippen molar-refractivity contribution in [3.05, 3.63) is 33.8 Å². The Labute approximate surface area is 120 Å². The topological polar surface area (TPSA) is 29.1 Å². The molecule has 17 heavy (non-hydrogen) atoms. The monoisotopic (exact) mass is 337 g/mol. The molecule has 0 saturated heterocycles. The van der Waals surface area contributed by atoms with E-state index in [0.29, 0.717) is 20.9 Å². The molecule has 1 aromatic rings. The highest BCUT2D eigenvalue weighted by Crippen LogP contribution is 2.26. The molecule has 1 rings (SSSR count). The van der Waals surface area contributed by atoms with E-state index in [2.05, 4.69) is 21.2 Å². The zero-order chi connectivity index (χ0) is 13.1. The van der Waals surface area contributed by atoms with Gasteiger partial charge in [-0.15, -0.1) is 0 Å². The number of benzene rings is 1. The number of hydrogen-bond acceptors (Lipinski definition) is 1. The fourth-order valence-corrected chi connectivity index (χ4v) is 2.16. The number of carbonyl (C=O) groups is 1. The molecular formula is C12H14BrCl2NO. The number of alkyl halides is 1. The van der Waals surface area contributed by atoms with Crippen LogP contribution in [-0.4, -0.2) is 16.8 Å². The number of amides is 1. The van der Waals surface area contributed by atoms with Crippen molar-refractivity contribution in [3.8, 4) is 0 Å². The first-order chi connectivity index (χ1) is 7.93. The molecule has 0 aliphatic carbocycles. The fourth-order valence-electron chi connectivity index (χ4n) is 1.24. The highest BCUT2D eigenvalue weighted by atomic mass is 79.9. The van der Waals surface area contributed by atoms with E-state index in [1.165, 1.54) is 0 Å². The van der Waals surface area contributed by atoms with Gasteiger partial charge in [-0.3, -0.25) is 4.79 Å². The molecule has 1 atom stereocenters. The average molecular weight is 339 g/mol. The van der Waals surface area contributed by atoms with Crippen LogP contribution in [0.25, 0.3) is 0 Å². The number of halogens is 3. The summed E-state index contributed by atoms with van der Waals surface area (Å²) in [5, 5.41) is 4.31. The number of nitrogens with one attached hydrogen (secondary N) is 1. The fraction of sp³-hybridized carbons (Fsp3) is 0.417. The molecule has 0 bridgehead atoms. The summed E-state index contributed by atoms with van der Waals surface area (Å²) in [6.45, 7) is 3.99. The van der Waals surface area contributed by atoms with Crippen LogP contribution in [0, 0.1) is 0 Å². The summed E-state index contributed by atoms with van der Waals surface area (Å²) in [5.41, 5.74) is 0.114. The first-order valence-corrected chi connectivity index (χ1v) is 7.13. The van der Waals surface area contributed by atoms with Crippen molar-refractivity contribution in [2.24, 2.45) is 0 Å². The second kappa shape index (κ2) is 6.07. The lowest BCUT2D eigenvalue weighted by atomic mass is 10.0. The van der Waals surface area contributed by atoms with Gasteiger partial charge in [-0.25, -0.2) is 0 Å². The van der Waals surface area contributed by atoms with E-state index in [1.807, 2.05) is 13.8 Å². The molecule has 1 N–H and O–H groups in total. The molecule has 0 radical (unpaired) electrons. The molecule has 0 heterocycles. The Morgan fingerprint density at radius 3 is 2.65 bits per heavy atom. The molecule has 5 heteroatoms. The van der Waals surface area contributed by atoms with E-state index >= 15 is 0 Å². The van der Waals surface area contributed by atoms with Crippen LogP contribution in [0.4, 0.5) is 0 Å². The number of carbonyl (C=O) groups excluding carboxylic acids is 1. The molecule has 1 unspecified atom stereocenters. The molecule has 94 valence electrons. The maximum Gasteiger partial charge on any atom is 0.253 e. The van der Waals surface area contributed by atoms with Gasteiger partial charge in [0.15, 0.2) is 0 Å². The summed E-state index contributed by atoms with van der Waals surface area (Å²) in [7, 11) is 0. The third-order valence-corrected chi connectivity index (χ3v) is 4.74. The molecule has 1 amide bonds. The van der Waals surface area contributed by atoms with Gasteiger partial charge in [0.1, 0.15) is 0 Å². The quantitative estimate of drug-likeness (QED) is 0.815. The lowest BCUT2D eigenvalue weighted by Crippen LogP contribution is -2.47. The van der Waals surface area contributed by atoms with E-state index in [1.54, 1.807) is 18.2 Å². The van der Waals surface area contributed by atoms with Gasteiger partial charge in [0.25, 0.3) is 5.91 Å². The van der Waals surface area contributed by atoms with Crippen molar-refractivity contribution in [3.63, 3.8) is 0 Å². The van der Waals surface area contributed by atoms with Gasteiger partial charge >= 0.3 is 0 Å². The number of hydrogen-bond donors (Lipinski definition) is 1. The minimum Gasteiger partial charge on any atom is -0.346 e. The Balaban J connectivity index is 2.94. The zero-order valence-electron chi connectivity index (χ0n) is 9.69. The third-order valence-electron chi connectivity index (χ3n) is 2.69. The predicted octanol–water partition coefficient (Wildman–Crippen LogP) is 4.29. The van der Waals surface area contributed by atoms with E-state index in [-0.39, 0.29) is 11.4 Å². The Morgan fingerprint density at radius 1 is 1.47 bits per heavy atom. The highest BCUT2D eigenvalue weighted by molar-refractivity contribution is 9.09. The van der Waals surface area contributed by atoms with Crippen molar-refractivity contribution >= 4 is 45.0 Å². The van der Waals surface area contributed by atoms with Crippen LogP contribution in [0.5, 0.6) is 0 Å². The van der Waals surface area contributed by atoms with E-state index < -0.39 is 0 Å². The summed E-state index contributed by atoms with van der Waals surface area (Å²) in [5.74, 6) is -0.207. The molecule has 0 saturated carbocycles. The minimum atomic E-state index is -0.289. The maximum absolute atomic E-state index is 12.1. The standard InChI is InChI=1S/C12H14BrCl2NO/c1-3-12(2,7-13)16-11(17)8-5-4-6-9(14)10(8)15/h4-6H,3,7H2,1-2H3,(H,16,17). The highest BCUT2D eigenvalue weighted by Gasteiger charge is 2.24. The predicted molar refractivity (Wildman–Crippen MR) is 76.4 cm³/mol. The van der Waals surface area contributed by atoms with Crippen molar-refractivity contribution in [2.45, 2.75) is 25.8 Å². The van der Waals surface area contributed by atoms with Crippen LogP contribution in [0.3, 0.4) is 0 Å². The van der Waals surface area contributed by atoms with Gasteiger partial charge < -0.3 is 5.32 Å². The van der Waals surface area contributed by atoms with Gasteiger partial charge in [0.2, 0.25) is 0 Å². The Morgan fingerprint density at radius 2 is 2.12 bits per heavy atom. The molecule has 0 fully saturated rings. The van der Waals surface area contributed by atoms with E-state index in [4.69, 9.17) is 23.2 Å².